The van der Waals surface area contributed by atoms with Crippen molar-refractivity contribution in [3.63, 3.8) is 0 Å². The molecular formula is C22H24N4O7S. The fraction of sp³-hybridized carbons (Fsp3) is 0.318. The van der Waals surface area contributed by atoms with Crippen LogP contribution in [0.4, 0.5) is 10.5 Å². The van der Waals surface area contributed by atoms with Crippen molar-refractivity contribution in [3.05, 3.63) is 66.2 Å². The number of nitrogens with one attached hydrogen (secondary N) is 2. The minimum absolute atomic E-state index is 0.0615. The average Bonchev–Trinajstić information content (AvgIpc) is 3.03. The first-order valence-corrected chi connectivity index (χ1v) is 12.0. The smallest absolute Gasteiger partial charge is 0.342 e. The van der Waals surface area contributed by atoms with Crippen LogP contribution in [0.5, 0.6) is 0 Å². The zero-order valence-electron chi connectivity index (χ0n) is 18.0. The van der Waals surface area contributed by atoms with Crippen molar-refractivity contribution in [2.75, 3.05) is 11.9 Å². The molecule has 2 heterocycles. The van der Waals surface area contributed by atoms with E-state index in [1.54, 1.807) is 24.3 Å². The Labute approximate surface area is 196 Å². The Morgan fingerprint density at radius 1 is 1.06 bits per heavy atom. The van der Waals surface area contributed by atoms with Gasteiger partial charge in [-0.2, -0.15) is 13.5 Å². The summed E-state index contributed by atoms with van der Waals surface area (Å²) >= 11 is 0. The van der Waals surface area contributed by atoms with Crippen LogP contribution in [-0.4, -0.2) is 65.4 Å². The van der Waals surface area contributed by atoms with Crippen molar-refractivity contribution in [3.8, 4) is 0 Å². The molecule has 11 nitrogen and oxygen atoms in total. The normalized spacial score (nSPS) is 20.7. The number of carbonyl (C=O) groups excluding carboxylic acids is 3. The van der Waals surface area contributed by atoms with Gasteiger partial charge in [-0.25, -0.2) is 4.79 Å². The Morgan fingerprint density at radius 2 is 1.71 bits per heavy atom. The topological polar surface area (TPSA) is 145 Å². The van der Waals surface area contributed by atoms with Crippen molar-refractivity contribution < 1.29 is 31.6 Å². The van der Waals surface area contributed by atoms with Gasteiger partial charge in [0.2, 0.25) is 11.8 Å². The monoisotopic (exact) mass is 488 g/mol. The molecule has 2 fully saturated rings. The lowest BCUT2D eigenvalue weighted by Crippen LogP contribution is -2.54. The minimum Gasteiger partial charge on any atom is -0.342 e. The van der Waals surface area contributed by atoms with E-state index in [4.69, 9.17) is 4.55 Å². The lowest BCUT2D eigenvalue weighted by atomic mass is 9.99. The summed E-state index contributed by atoms with van der Waals surface area (Å²) in [6, 6.07) is 14.7. The molecular weight excluding hydrogens is 464 g/mol. The number of carbonyl (C=O) groups is 3. The first-order valence-electron chi connectivity index (χ1n) is 10.7. The molecule has 2 saturated heterocycles. The highest BCUT2D eigenvalue weighted by Crippen LogP contribution is 2.30. The SMILES string of the molecule is O=C(Nc1ccccc1)[C@@H](Cc1ccccc1)NC(=O)[C@@H]1CC[C@@H]2CN1C(=O)N2OS(=O)(=O)O. The van der Waals surface area contributed by atoms with Gasteiger partial charge < -0.3 is 15.5 Å². The molecule has 12 heteroatoms. The van der Waals surface area contributed by atoms with Crippen LogP contribution in [0.15, 0.2) is 60.7 Å². The van der Waals surface area contributed by atoms with E-state index >= 15 is 0 Å². The Hall–Kier alpha value is -3.48. The van der Waals surface area contributed by atoms with Crippen LogP contribution < -0.4 is 10.6 Å². The number of piperidine rings is 1. The Bertz CT molecular complexity index is 1160. The van der Waals surface area contributed by atoms with Gasteiger partial charge in [-0.1, -0.05) is 48.5 Å². The van der Waals surface area contributed by atoms with Gasteiger partial charge in [-0.05, 0) is 30.5 Å². The third kappa shape index (κ3) is 5.53. The summed E-state index contributed by atoms with van der Waals surface area (Å²) in [5, 5.41) is 6.11. The first kappa shape index (κ1) is 23.7. The van der Waals surface area contributed by atoms with Crippen LogP contribution in [-0.2, 0) is 30.7 Å². The summed E-state index contributed by atoms with van der Waals surface area (Å²) in [5.74, 6) is -0.953. The van der Waals surface area contributed by atoms with Gasteiger partial charge in [-0.15, -0.1) is 4.28 Å². The number of hydrogen-bond donors (Lipinski definition) is 3. The Kier molecular flexibility index (Phi) is 6.82. The second kappa shape index (κ2) is 9.79. The van der Waals surface area contributed by atoms with Gasteiger partial charge in [0.1, 0.15) is 12.1 Å². The maximum Gasteiger partial charge on any atom is 0.418 e. The second-order valence-corrected chi connectivity index (χ2v) is 9.12. The maximum atomic E-state index is 13.2. The van der Waals surface area contributed by atoms with E-state index in [1.165, 1.54) is 4.90 Å². The molecule has 3 N–H and O–H groups in total. The fourth-order valence-electron chi connectivity index (χ4n) is 4.18. The van der Waals surface area contributed by atoms with E-state index in [2.05, 4.69) is 14.9 Å². The zero-order chi connectivity index (χ0) is 24.3. The first-order chi connectivity index (χ1) is 16.2. The number of rotatable bonds is 8. The Morgan fingerprint density at radius 3 is 2.35 bits per heavy atom. The summed E-state index contributed by atoms with van der Waals surface area (Å²) in [7, 11) is -4.89. The Balaban J connectivity index is 1.49. The van der Waals surface area contributed by atoms with Gasteiger partial charge in [0.15, 0.2) is 0 Å². The minimum atomic E-state index is -4.89. The van der Waals surface area contributed by atoms with E-state index in [9.17, 15) is 22.8 Å². The molecule has 0 unspecified atom stereocenters. The van der Waals surface area contributed by atoms with Crippen LogP contribution in [0.2, 0.25) is 0 Å². The van der Waals surface area contributed by atoms with Crippen LogP contribution in [0.25, 0.3) is 0 Å². The lowest BCUT2D eigenvalue weighted by molar-refractivity contribution is -0.130. The summed E-state index contributed by atoms with van der Waals surface area (Å²) in [6.07, 6.45) is 0.758. The molecule has 2 aliphatic heterocycles. The van der Waals surface area contributed by atoms with Gasteiger partial charge in [0.25, 0.3) is 0 Å². The molecule has 2 aromatic rings. The summed E-state index contributed by atoms with van der Waals surface area (Å²) in [6.45, 7) is 0.0615. The molecule has 3 atom stereocenters. The fourth-order valence-corrected chi connectivity index (χ4v) is 4.57. The number of urea groups is 1. The standard InChI is InChI=1S/C22H24N4O7S/c27-20(23-16-9-5-2-6-10-16)18(13-15-7-3-1-4-8-15)24-21(28)19-12-11-17-14-25(19)22(29)26(17)33-34(30,31)32/h1-10,17-19H,11-14H2,(H,23,27)(H,24,28)(H,30,31,32)/t17-,18-,19+/m1/s1. The van der Waals surface area contributed by atoms with Crippen molar-refractivity contribution in [1.29, 1.82) is 0 Å². The average molecular weight is 489 g/mol. The highest BCUT2D eigenvalue weighted by molar-refractivity contribution is 7.80. The number of fused-ring (bicyclic) bond motifs is 2. The van der Waals surface area contributed by atoms with E-state index in [0.717, 1.165) is 5.56 Å². The molecule has 2 aliphatic rings. The molecule has 0 spiro atoms. The van der Waals surface area contributed by atoms with Crippen LogP contribution in [0.3, 0.4) is 0 Å². The zero-order valence-corrected chi connectivity index (χ0v) is 18.8. The molecule has 180 valence electrons. The van der Waals surface area contributed by atoms with Crippen LogP contribution in [0.1, 0.15) is 18.4 Å². The lowest BCUT2D eigenvalue weighted by Gasteiger charge is -2.30. The maximum absolute atomic E-state index is 13.2. The molecule has 0 aliphatic carbocycles. The van der Waals surface area contributed by atoms with Gasteiger partial charge in [0.05, 0.1) is 6.04 Å². The number of nitrogens with zero attached hydrogens (tertiary/aromatic N) is 2. The van der Waals surface area contributed by atoms with E-state index in [0.29, 0.717) is 10.8 Å². The number of anilines is 1. The number of para-hydroxylation sites is 1. The van der Waals surface area contributed by atoms with Crippen molar-refractivity contribution in [2.45, 2.75) is 37.4 Å². The molecule has 2 bridgehead atoms. The van der Waals surface area contributed by atoms with Crippen molar-refractivity contribution >= 4 is 33.9 Å². The quantitative estimate of drug-likeness (QED) is 0.476. The number of amides is 4. The number of benzene rings is 2. The number of hydrogen-bond acceptors (Lipinski definition) is 6. The molecule has 4 amide bonds. The third-order valence-corrected chi connectivity index (χ3v) is 6.11. The molecule has 0 aromatic heterocycles. The van der Waals surface area contributed by atoms with Crippen LogP contribution >= 0.6 is 0 Å². The summed E-state index contributed by atoms with van der Waals surface area (Å²) in [5.41, 5.74) is 1.41. The highest BCUT2D eigenvalue weighted by atomic mass is 32.3. The molecule has 34 heavy (non-hydrogen) atoms. The van der Waals surface area contributed by atoms with Crippen molar-refractivity contribution in [2.24, 2.45) is 0 Å². The summed E-state index contributed by atoms with van der Waals surface area (Å²) < 4.78 is 35.5. The van der Waals surface area contributed by atoms with Crippen LogP contribution in [0, 0.1) is 0 Å². The van der Waals surface area contributed by atoms with Crippen molar-refractivity contribution in [1.82, 2.24) is 15.3 Å². The molecule has 0 saturated carbocycles. The third-order valence-electron chi connectivity index (χ3n) is 5.76. The largest absolute Gasteiger partial charge is 0.418 e. The number of hydroxylamine groups is 2. The van der Waals surface area contributed by atoms with E-state index < -0.39 is 46.4 Å². The highest BCUT2D eigenvalue weighted by Gasteiger charge is 2.49. The van der Waals surface area contributed by atoms with Gasteiger partial charge in [0, 0.05) is 18.7 Å². The van der Waals surface area contributed by atoms with E-state index in [1.807, 2.05) is 36.4 Å². The van der Waals surface area contributed by atoms with Gasteiger partial charge in [-0.3, -0.25) is 14.1 Å². The second-order valence-electron chi connectivity index (χ2n) is 8.12. The van der Waals surface area contributed by atoms with Gasteiger partial charge >= 0.3 is 16.4 Å². The molecule has 0 radical (unpaired) electrons. The predicted molar refractivity (Wildman–Crippen MR) is 121 cm³/mol. The molecule has 2 aromatic carbocycles. The predicted octanol–water partition coefficient (Wildman–Crippen LogP) is 1.36. The summed E-state index contributed by atoms with van der Waals surface area (Å²) in [4.78, 5) is 40.0. The molecule has 4 rings (SSSR count). The van der Waals surface area contributed by atoms with E-state index in [-0.39, 0.29) is 25.8 Å².